The molecule has 3 unspecified atom stereocenters. The summed E-state index contributed by atoms with van der Waals surface area (Å²) in [6.07, 6.45) is 5.22. The maximum atomic E-state index is 10.7. The Labute approximate surface area is 79.9 Å². The second-order valence-electron chi connectivity index (χ2n) is 4.37. The number of primary amides is 1. The van der Waals surface area contributed by atoms with Gasteiger partial charge < -0.3 is 11.5 Å². The fraction of sp³-hybridized carbons (Fsp3) is 0.900. The summed E-state index contributed by atoms with van der Waals surface area (Å²) >= 11 is 0. The highest BCUT2D eigenvalue weighted by molar-refractivity contribution is 5.74. The van der Waals surface area contributed by atoms with Gasteiger partial charge in [-0.25, -0.2) is 0 Å². The molecule has 0 spiro atoms. The molecule has 0 heterocycles. The van der Waals surface area contributed by atoms with Gasteiger partial charge in [-0.3, -0.25) is 4.79 Å². The van der Waals surface area contributed by atoms with Crippen LogP contribution in [-0.2, 0) is 4.79 Å². The van der Waals surface area contributed by atoms with Crippen LogP contribution in [-0.4, -0.2) is 11.9 Å². The van der Waals surface area contributed by atoms with Crippen LogP contribution in [0.5, 0.6) is 0 Å². The summed E-state index contributed by atoms with van der Waals surface area (Å²) in [6, 6.07) is -0.0137. The summed E-state index contributed by atoms with van der Waals surface area (Å²) in [4.78, 5) is 10.7. The van der Waals surface area contributed by atoms with E-state index in [9.17, 15) is 4.79 Å². The number of hydrogen-bond donors (Lipinski definition) is 2. The lowest BCUT2D eigenvalue weighted by atomic mass is 9.78. The molecule has 0 bridgehead atoms. The minimum Gasteiger partial charge on any atom is -0.370 e. The zero-order valence-electron chi connectivity index (χ0n) is 8.33. The Morgan fingerprint density at radius 1 is 1.54 bits per heavy atom. The summed E-state index contributed by atoms with van der Waals surface area (Å²) in [5.41, 5.74) is 11.0. The highest BCUT2D eigenvalue weighted by atomic mass is 16.1. The largest absolute Gasteiger partial charge is 0.370 e. The fourth-order valence-electron chi connectivity index (χ4n) is 2.27. The number of rotatable bonds is 3. The van der Waals surface area contributed by atoms with Crippen LogP contribution in [0.15, 0.2) is 0 Å². The van der Waals surface area contributed by atoms with Gasteiger partial charge in [-0.05, 0) is 24.7 Å². The van der Waals surface area contributed by atoms with Gasteiger partial charge in [-0.1, -0.05) is 19.8 Å². The molecular formula is C10H20N2O. The van der Waals surface area contributed by atoms with Gasteiger partial charge in [0.15, 0.2) is 0 Å². The molecule has 1 saturated carbocycles. The van der Waals surface area contributed by atoms with E-state index < -0.39 is 0 Å². The number of nitrogens with two attached hydrogens (primary N) is 2. The van der Waals surface area contributed by atoms with Crippen LogP contribution >= 0.6 is 0 Å². The lowest BCUT2D eigenvalue weighted by Crippen LogP contribution is -2.36. The third kappa shape index (κ3) is 3.35. The van der Waals surface area contributed by atoms with Crippen molar-refractivity contribution in [2.24, 2.45) is 23.3 Å². The maximum Gasteiger partial charge on any atom is 0.218 e. The monoisotopic (exact) mass is 184 g/mol. The number of amides is 1. The summed E-state index contributed by atoms with van der Waals surface area (Å²) in [5, 5.41) is 0. The lowest BCUT2D eigenvalue weighted by molar-refractivity contribution is -0.118. The van der Waals surface area contributed by atoms with Crippen molar-refractivity contribution < 1.29 is 4.79 Å². The molecule has 0 aromatic rings. The summed E-state index contributed by atoms with van der Waals surface area (Å²) < 4.78 is 0. The zero-order valence-corrected chi connectivity index (χ0v) is 8.33. The van der Waals surface area contributed by atoms with E-state index >= 15 is 0 Å². The van der Waals surface area contributed by atoms with Crippen LogP contribution in [0.4, 0.5) is 0 Å². The Hall–Kier alpha value is -0.570. The van der Waals surface area contributed by atoms with Crippen LogP contribution in [0.1, 0.15) is 39.0 Å². The Bertz CT molecular complexity index is 182. The average molecular weight is 184 g/mol. The molecule has 1 rings (SSSR count). The SMILES string of the molecule is CC1CCCC(C(N)CC(N)=O)C1. The van der Waals surface area contributed by atoms with Crippen molar-refractivity contribution >= 4 is 5.91 Å². The molecule has 3 atom stereocenters. The lowest BCUT2D eigenvalue weighted by Gasteiger charge is -2.30. The normalized spacial score (nSPS) is 31.2. The number of carbonyl (C=O) groups is 1. The molecule has 0 saturated heterocycles. The minimum absolute atomic E-state index is 0.0137. The first kappa shape index (κ1) is 10.5. The molecule has 0 radical (unpaired) electrons. The van der Waals surface area contributed by atoms with Gasteiger partial charge in [0.2, 0.25) is 5.91 Å². The van der Waals surface area contributed by atoms with Crippen LogP contribution < -0.4 is 11.5 Å². The van der Waals surface area contributed by atoms with Crippen molar-refractivity contribution in [3.63, 3.8) is 0 Å². The van der Waals surface area contributed by atoms with Gasteiger partial charge >= 0.3 is 0 Å². The van der Waals surface area contributed by atoms with Gasteiger partial charge in [0.25, 0.3) is 0 Å². The van der Waals surface area contributed by atoms with Crippen molar-refractivity contribution in [1.29, 1.82) is 0 Å². The van der Waals surface area contributed by atoms with E-state index in [2.05, 4.69) is 6.92 Å². The van der Waals surface area contributed by atoms with Crippen molar-refractivity contribution in [3.05, 3.63) is 0 Å². The average Bonchev–Trinajstić information content (AvgIpc) is 2.03. The summed E-state index contributed by atoms with van der Waals surface area (Å²) in [6.45, 7) is 2.25. The van der Waals surface area contributed by atoms with E-state index in [0.29, 0.717) is 12.3 Å². The molecule has 0 aromatic heterocycles. The quantitative estimate of drug-likeness (QED) is 0.687. The Morgan fingerprint density at radius 3 is 2.77 bits per heavy atom. The van der Waals surface area contributed by atoms with E-state index in [1.54, 1.807) is 0 Å². The molecule has 0 aromatic carbocycles. The summed E-state index contributed by atoms with van der Waals surface area (Å²) in [5.74, 6) is 1.000. The third-order valence-corrected chi connectivity index (χ3v) is 3.02. The first-order valence-corrected chi connectivity index (χ1v) is 5.13. The maximum absolute atomic E-state index is 10.7. The van der Waals surface area contributed by atoms with Gasteiger partial charge in [-0.15, -0.1) is 0 Å². The Morgan fingerprint density at radius 2 is 2.23 bits per heavy atom. The smallest absolute Gasteiger partial charge is 0.218 e. The molecule has 4 N–H and O–H groups in total. The summed E-state index contributed by atoms with van der Waals surface area (Å²) in [7, 11) is 0. The van der Waals surface area contributed by atoms with Gasteiger partial charge in [-0.2, -0.15) is 0 Å². The van der Waals surface area contributed by atoms with Gasteiger partial charge in [0.05, 0.1) is 0 Å². The molecule has 76 valence electrons. The van der Waals surface area contributed by atoms with E-state index in [0.717, 1.165) is 12.3 Å². The molecule has 1 amide bonds. The van der Waals surface area contributed by atoms with Gasteiger partial charge in [0.1, 0.15) is 0 Å². The standard InChI is InChI=1S/C10H20N2O/c1-7-3-2-4-8(5-7)9(11)6-10(12)13/h7-9H,2-6,11H2,1H3,(H2,12,13). The van der Waals surface area contributed by atoms with Crippen LogP contribution in [0.25, 0.3) is 0 Å². The molecule has 13 heavy (non-hydrogen) atoms. The minimum atomic E-state index is -0.272. The van der Waals surface area contributed by atoms with Crippen molar-refractivity contribution in [2.75, 3.05) is 0 Å². The highest BCUT2D eigenvalue weighted by Crippen LogP contribution is 2.30. The molecule has 1 aliphatic rings. The first-order valence-electron chi connectivity index (χ1n) is 5.13. The predicted octanol–water partition coefficient (Wildman–Crippen LogP) is 1.02. The molecule has 1 aliphatic carbocycles. The van der Waals surface area contributed by atoms with E-state index in [4.69, 9.17) is 11.5 Å². The number of hydrogen-bond acceptors (Lipinski definition) is 2. The van der Waals surface area contributed by atoms with Crippen LogP contribution in [0.2, 0.25) is 0 Å². The van der Waals surface area contributed by atoms with Crippen molar-refractivity contribution in [2.45, 2.75) is 45.1 Å². The van der Waals surface area contributed by atoms with E-state index in [-0.39, 0.29) is 11.9 Å². The Balaban J connectivity index is 2.36. The molecule has 3 heteroatoms. The van der Waals surface area contributed by atoms with Crippen LogP contribution in [0.3, 0.4) is 0 Å². The predicted molar refractivity (Wildman–Crippen MR) is 52.9 cm³/mol. The first-order chi connectivity index (χ1) is 6.09. The molecule has 1 fully saturated rings. The van der Waals surface area contributed by atoms with Crippen LogP contribution in [0, 0.1) is 11.8 Å². The van der Waals surface area contributed by atoms with E-state index in [1.165, 1.54) is 19.3 Å². The second kappa shape index (κ2) is 4.61. The van der Waals surface area contributed by atoms with Crippen molar-refractivity contribution in [3.8, 4) is 0 Å². The third-order valence-electron chi connectivity index (χ3n) is 3.02. The molecular weight excluding hydrogens is 164 g/mol. The second-order valence-corrected chi connectivity index (χ2v) is 4.37. The van der Waals surface area contributed by atoms with E-state index in [1.807, 2.05) is 0 Å². The van der Waals surface area contributed by atoms with Crippen molar-refractivity contribution in [1.82, 2.24) is 0 Å². The highest BCUT2D eigenvalue weighted by Gasteiger charge is 2.24. The molecule has 3 nitrogen and oxygen atoms in total. The topological polar surface area (TPSA) is 69.1 Å². The van der Waals surface area contributed by atoms with Gasteiger partial charge in [0, 0.05) is 12.5 Å². The zero-order chi connectivity index (χ0) is 9.84. The fourth-order valence-corrected chi connectivity index (χ4v) is 2.27. The Kier molecular flexibility index (Phi) is 3.72. The number of carbonyl (C=O) groups excluding carboxylic acids is 1. The molecule has 0 aliphatic heterocycles.